The van der Waals surface area contributed by atoms with Crippen molar-refractivity contribution in [1.29, 1.82) is 0 Å². The van der Waals surface area contributed by atoms with E-state index in [4.69, 9.17) is 0 Å². The standard InChI is InChI=1S/C30H36N2O/c1-2-31-23-12-24-32(30(33)29(31)27-17-10-5-11-18-27)28(21-19-25-13-6-3-7-14-25)22-20-26-15-8-4-9-16-26/h3-11,13-18,28-29H,2,12,19-24H2,1H3. The van der Waals surface area contributed by atoms with Gasteiger partial charge in [-0.1, -0.05) is 97.9 Å². The third-order valence-corrected chi connectivity index (χ3v) is 6.91. The number of amides is 1. The Kier molecular flexibility index (Phi) is 8.32. The lowest BCUT2D eigenvalue weighted by Gasteiger charge is -2.35. The molecule has 1 amide bonds. The van der Waals surface area contributed by atoms with Gasteiger partial charge in [-0.25, -0.2) is 0 Å². The minimum Gasteiger partial charge on any atom is -0.338 e. The first-order valence-electron chi connectivity index (χ1n) is 12.4. The van der Waals surface area contributed by atoms with Gasteiger partial charge in [0.05, 0.1) is 0 Å². The Bertz CT molecular complexity index is 930. The Labute approximate surface area is 199 Å². The van der Waals surface area contributed by atoms with Crippen LogP contribution in [0, 0.1) is 0 Å². The number of nitrogens with zero attached hydrogens (tertiary/aromatic N) is 2. The summed E-state index contributed by atoms with van der Waals surface area (Å²) in [5.74, 6) is 0.270. The minimum atomic E-state index is -0.186. The van der Waals surface area contributed by atoms with Crippen molar-refractivity contribution in [1.82, 2.24) is 9.80 Å². The first-order chi connectivity index (χ1) is 16.3. The molecule has 0 spiro atoms. The van der Waals surface area contributed by atoms with Gasteiger partial charge in [0.2, 0.25) is 5.91 Å². The second kappa shape index (κ2) is 11.8. The lowest BCUT2D eigenvalue weighted by Crippen LogP contribution is -2.45. The van der Waals surface area contributed by atoms with Crippen LogP contribution in [0.1, 0.15) is 48.9 Å². The van der Waals surface area contributed by atoms with Crippen LogP contribution in [0.5, 0.6) is 0 Å². The fraction of sp³-hybridized carbons (Fsp3) is 0.367. The molecule has 0 aromatic heterocycles. The molecule has 3 aromatic rings. The molecule has 1 unspecified atom stereocenters. The first kappa shape index (κ1) is 23.3. The lowest BCUT2D eigenvalue weighted by molar-refractivity contribution is -0.138. The van der Waals surface area contributed by atoms with E-state index in [1.165, 1.54) is 11.1 Å². The van der Waals surface area contributed by atoms with Gasteiger partial charge >= 0.3 is 0 Å². The molecule has 1 aliphatic rings. The van der Waals surface area contributed by atoms with E-state index in [1.54, 1.807) is 0 Å². The van der Waals surface area contributed by atoms with Crippen molar-refractivity contribution < 1.29 is 4.79 Å². The Morgan fingerprint density at radius 3 is 1.79 bits per heavy atom. The molecule has 33 heavy (non-hydrogen) atoms. The summed E-state index contributed by atoms with van der Waals surface area (Å²) in [5.41, 5.74) is 3.81. The molecule has 1 atom stereocenters. The highest BCUT2D eigenvalue weighted by Crippen LogP contribution is 2.29. The van der Waals surface area contributed by atoms with E-state index >= 15 is 0 Å². The van der Waals surface area contributed by atoms with Crippen molar-refractivity contribution in [3.8, 4) is 0 Å². The molecule has 172 valence electrons. The summed E-state index contributed by atoms with van der Waals surface area (Å²) < 4.78 is 0. The average molecular weight is 441 g/mol. The Morgan fingerprint density at radius 2 is 1.27 bits per heavy atom. The number of aryl methyl sites for hydroxylation is 2. The molecule has 0 radical (unpaired) electrons. The highest BCUT2D eigenvalue weighted by Gasteiger charge is 2.36. The minimum absolute atomic E-state index is 0.186. The van der Waals surface area contributed by atoms with Gasteiger partial charge in [0, 0.05) is 19.1 Å². The molecular weight excluding hydrogens is 404 g/mol. The van der Waals surface area contributed by atoms with Crippen molar-refractivity contribution in [2.75, 3.05) is 19.6 Å². The fourth-order valence-electron chi connectivity index (χ4n) is 5.10. The third kappa shape index (κ3) is 6.11. The maximum absolute atomic E-state index is 14.1. The van der Waals surface area contributed by atoms with E-state index < -0.39 is 0 Å². The largest absolute Gasteiger partial charge is 0.338 e. The van der Waals surface area contributed by atoms with Gasteiger partial charge in [-0.2, -0.15) is 0 Å². The maximum Gasteiger partial charge on any atom is 0.244 e. The Morgan fingerprint density at radius 1 is 0.758 bits per heavy atom. The second-order valence-corrected chi connectivity index (χ2v) is 9.03. The summed E-state index contributed by atoms with van der Waals surface area (Å²) in [6.07, 6.45) is 5.01. The molecule has 0 saturated carbocycles. The molecule has 0 N–H and O–H groups in total. The van der Waals surface area contributed by atoms with E-state index in [9.17, 15) is 4.79 Å². The number of hydrogen-bond acceptors (Lipinski definition) is 2. The summed E-state index contributed by atoms with van der Waals surface area (Å²) in [5, 5.41) is 0. The van der Waals surface area contributed by atoms with Crippen LogP contribution in [0.2, 0.25) is 0 Å². The smallest absolute Gasteiger partial charge is 0.244 e. The third-order valence-electron chi connectivity index (χ3n) is 6.91. The van der Waals surface area contributed by atoms with Crippen molar-refractivity contribution in [3.63, 3.8) is 0 Å². The predicted molar refractivity (Wildman–Crippen MR) is 136 cm³/mol. The van der Waals surface area contributed by atoms with Gasteiger partial charge in [0.15, 0.2) is 0 Å². The molecule has 1 fully saturated rings. The van der Waals surface area contributed by atoms with Gasteiger partial charge in [0.25, 0.3) is 0 Å². The van der Waals surface area contributed by atoms with Crippen LogP contribution in [0.4, 0.5) is 0 Å². The van der Waals surface area contributed by atoms with E-state index in [0.717, 1.165) is 57.3 Å². The maximum atomic E-state index is 14.1. The molecular formula is C30H36N2O. The predicted octanol–water partition coefficient (Wildman–Crippen LogP) is 5.92. The highest BCUT2D eigenvalue weighted by molar-refractivity contribution is 5.84. The van der Waals surface area contributed by atoms with Crippen LogP contribution in [0.15, 0.2) is 91.0 Å². The van der Waals surface area contributed by atoms with Crippen LogP contribution in [-0.2, 0) is 17.6 Å². The van der Waals surface area contributed by atoms with Gasteiger partial charge in [-0.3, -0.25) is 9.69 Å². The molecule has 3 aromatic carbocycles. The number of likely N-dealkylation sites (N-methyl/N-ethyl adjacent to an activating group) is 1. The van der Waals surface area contributed by atoms with Gasteiger partial charge in [0.1, 0.15) is 6.04 Å². The summed E-state index contributed by atoms with van der Waals surface area (Å²) in [6.45, 7) is 4.86. The van der Waals surface area contributed by atoms with Crippen molar-refractivity contribution in [2.45, 2.75) is 51.1 Å². The van der Waals surface area contributed by atoms with Crippen LogP contribution < -0.4 is 0 Å². The van der Waals surface area contributed by atoms with Crippen LogP contribution in [0.3, 0.4) is 0 Å². The topological polar surface area (TPSA) is 23.6 Å². The number of carbonyl (C=O) groups excluding carboxylic acids is 1. The zero-order valence-electron chi connectivity index (χ0n) is 19.8. The second-order valence-electron chi connectivity index (χ2n) is 9.03. The summed E-state index contributed by atoms with van der Waals surface area (Å²) >= 11 is 0. The zero-order valence-corrected chi connectivity index (χ0v) is 19.8. The van der Waals surface area contributed by atoms with E-state index in [-0.39, 0.29) is 18.0 Å². The van der Waals surface area contributed by atoms with Crippen molar-refractivity contribution in [3.05, 3.63) is 108 Å². The van der Waals surface area contributed by atoms with Crippen LogP contribution in [-0.4, -0.2) is 41.4 Å². The number of hydrogen-bond donors (Lipinski definition) is 0. The highest BCUT2D eigenvalue weighted by atomic mass is 16.2. The van der Waals surface area contributed by atoms with E-state index in [0.29, 0.717) is 0 Å². The van der Waals surface area contributed by atoms with Crippen LogP contribution in [0.25, 0.3) is 0 Å². The van der Waals surface area contributed by atoms with Gasteiger partial charge in [-0.15, -0.1) is 0 Å². The number of rotatable bonds is 9. The molecule has 0 aliphatic carbocycles. The zero-order chi connectivity index (χ0) is 22.9. The normalized spacial score (nSPS) is 17.3. The monoisotopic (exact) mass is 440 g/mol. The summed E-state index contributed by atoms with van der Waals surface area (Å²) in [7, 11) is 0. The van der Waals surface area contributed by atoms with E-state index in [2.05, 4.69) is 89.5 Å². The number of carbonyl (C=O) groups is 1. The summed E-state index contributed by atoms with van der Waals surface area (Å²) in [6, 6.07) is 31.8. The molecule has 1 heterocycles. The Hall–Kier alpha value is -2.91. The first-order valence-corrected chi connectivity index (χ1v) is 12.4. The fourth-order valence-corrected chi connectivity index (χ4v) is 5.10. The van der Waals surface area contributed by atoms with Gasteiger partial charge in [-0.05, 0) is 55.3 Å². The van der Waals surface area contributed by atoms with Crippen molar-refractivity contribution >= 4 is 5.91 Å². The molecule has 3 heteroatoms. The van der Waals surface area contributed by atoms with Crippen LogP contribution >= 0.6 is 0 Å². The Balaban J connectivity index is 1.58. The molecule has 4 rings (SSSR count). The SMILES string of the molecule is CCN1CCCN(C(CCc2ccccc2)CCc2ccccc2)C(=O)C1c1ccccc1. The van der Waals surface area contributed by atoms with E-state index in [1.807, 2.05) is 18.2 Å². The molecule has 1 saturated heterocycles. The molecule has 1 aliphatic heterocycles. The molecule has 0 bridgehead atoms. The van der Waals surface area contributed by atoms with Crippen molar-refractivity contribution in [2.24, 2.45) is 0 Å². The summed E-state index contributed by atoms with van der Waals surface area (Å²) in [4.78, 5) is 18.6. The number of benzene rings is 3. The lowest BCUT2D eigenvalue weighted by atomic mass is 9.96. The average Bonchev–Trinajstić information content (AvgIpc) is 3.04. The molecule has 3 nitrogen and oxygen atoms in total. The van der Waals surface area contributed by atoms with Gasteiger partial charge < -0.3 is 4.90 Å². The quantitative estimate of drug-likeness (QED) is 0.413.